The van der Waals surface area contributed by atoms with Gasteiger partial charge in [-0.2, -0.15) is 5.10 Å². The van der Waals surface area contributed by atoms with Crippen molar-refractivity contribution < 1.29 is 4.79 Å². The lowest BCUT2D eigenvalue weighted by atomic mass is 10.2. The van der Waals surface area contributed by atoms with E-state index in [9.17, 15) is 4.79 Å². The summed E-state index contributed by atoms with van der Waals surface area (Å²) >= 11 is 0. The van der Waals surface area contributed by atoms with Crippen molar-refractivity contribution in [3.63, 3.8) is 0 Å². The minimum atomic E-state index is 0.0362. The number of aryl methyl sites for hydroxylation is 1. The Bertz CT molecular complexity index is 937. The Kier molecular flexibility index (Phi) is 4.24. The van der Waals surface area contributed by atoms with E-state index >= 15 is 0 Å². The number of pyridine rings is 1. The molecule has 1 saturated heterocycles. The summed E-state index contributed by atoms with van der Waals surface area (Å²) in [5.41, 5.74) is 1.59. The average molecular weight is 351 g/mol. The maximum Gasteiger partial charge on any atom is 0.224 e. The number of hydrogen-bond donors (Lipinski definition) is 1. The van der Waals surface area contributed by atoms with Crippen molar-refractivity contribution >= 4 is 22.8 Å². The van der Waals surface area contributed by atoms with E-state index in [0.717, 1.165) is 29.6 Å². The fraction of sp³-hybridized carbons (Fsp3) is 0.389. The predicted molar refractivity (Wildman–Crippen MR) is 98.4 cm³/mol. The lowest BCUT2D eigenvalue weighted by molar-refractivity contribution is -0.127. The lowest BCUT2D eigenvalue weighted by Crippen LogP contribution is -2.28. The quantitative estimate of drug-likeness (QED) is 0.755. The number of hydrogen-bond acceptors (Lipinski definition) is 6. The standard InChI is InChI=1S/C18H21N7O/c1-3-7-25-11-13(8-15(25)26)21-17-14-10-20-24(2)18(14)23-16(22-17)12-5-4-6-19-9-12/h4-6,9-10,13H,3,7-8,11H2,1-2H3,(H,21,22,23)/t13-/m1/s1. The minimum absolute atomic E-state index is 0.0362. The van der Waals surface area contributed by atoms with Crippen molar-refractivity contribution in [3.05, 3.63) is 30.7 Å². The Morgan fingerprint density at radius 1 is 1.31 bits per heavy atom. The monoisotopic (exact) mass is 351 g/mol. The molecule has 8 nitrogen and oxygen atoms in total. The van der Waals surface area contributed by atoms with Crippen LogP contribution in [-0.4, -0.2) is 54.7 Å². The molecule has 3 aromatic rings. The highest BCUT2D eigenvalue weighted by atomic mass is 16.2. The van der Waals surface area contributed by atoms with E-state index in [4.69, 9.17) is 4.98 Å². The molecule has 0 unspecified atom stereocenters. The summed E-state index contributed by atoms with van der Waals surface area (Å²) in [6.07, 6.45) is 6.66. The number of fused-ring (bicyclic) bond motifs is 1. The number of likely N-dealkylation sites (tertiary alicyclic amines) is 1. The number of carbonyl (C=O) groups is 1. The third-order valence-corrected chi connectivity index (χ3v) is 4.56. The zero-order valence-electron chi connectivity index (χ0n) is 14.9. The molecule has 8 heteroatoms. The second-order valence-corrected chi connectivity index (χ2v) is 6.53. The molecule has 1 aliphatic rings. The van der Waals surface area contributed by atoms with Gasteiger partial charge in [0, 0.05) is 44.5 Å². The molecule has 0 aromatic carbocycles. The van der Waals surface area contributed by atoms with Gasteiger partial charge in [-0.05, 0) is 18.6 Å². The van der Waals surface area contributed by atoms with E-state index in [-0.39, 0.29) is 11.9 Å². The molecule has 0 aliphatic carbocycles. The summed E-state index contributed by atoms with van der Waals surface area (Å²) in [4.78, 5) is 27.5. The summed E-state index contributed by atoms with van der Waals surface area (Å²) in [5.74, 6) is 1.48. The SMILES string of the molecule is CCCN1C[C@H](Nc2nc(-c3cccnc3)nc3c2cnn3C)CC1=O. The summed E-state index contributed by atoms with van der Waals surface area (Å²) < 4.78 is 1.73. The van der Waals surface area contributed by atoms with Crippen LogP contribution in [-0.2, 0) is 11.8 Å². The van der Waals surface area contributed by atoms with Gasteiger partial charge < -0.3 is 10.2 Å². The van der Waals surface area contributed by atoms with Crippen molar-refractivity contribution in [1.82, 2.24) is 29.6 Å². The highest BCUT2D eigenvalue weighted by Gasteiger charge is 2.29. The first-order valence-corrected chi connectivity index (χ1v) is 8.80. The van der Waals surface area contributed by atoms with E-state index in [2.05, 4.69) is 27.3 Å². The summed E-state index contributed by atoms with van der Waals surface area (Å²) in [7, 11) is 1.86. The van der Waals surface area contributed by atoms with Crippen molar-refractivity contribution in [1.29, 1.82) is 0 Å². The first-order chi connectivity index (χ1) is 12.7. The maximum atomic E-state index is 12.1. The molecule has 0 bridgehead atoms. The molecular weight excluding hydrogens is 330 g/mol. The number of nitrogens with zero attached hydrogens (tertiary/aromatic N) is 6. The van der Waals surface area contributed by atoms with Gasteiger partial charge in [-0.25, -0.2) is 9.97 Å². The van der Waals surface area contributed by atoms with Crippen LogP contribution in [0.1, 0.15) is 19.8 Å². The van der Waals surface area contributed by atoms with Crippen LogP contribution in [0.2, 0.25) is 0 Å². The highest BCUT2D eigenvalue weighted by Crippen LogP contribution is 2.26. The van der Waals surface area contributed by atoms with Crippen LogP contribution in [0.5, 0.6) is 0 Å². The molecule has 26 heavy (non-hydrogen) atoms. The topological polar surface area (TPSA) is 88.8 Å². The number of anilines is 1. The minimum Gasteiger partial charge on any atom is -0.364 e. The Morgan fingerprint density at radius 3 is 2.96 bits per heavy atom. The van der Waals surface area contributed by atoms with Gasteiger partial charge in [0.2, 0.25) is 5.91 Å². The maximum absolute atomic E-state index is 12.1. The summed E-state index contributed by atoms with van der Waals surface area (Å²) in [6.45, 7) is 3.57. The van der Waals surface area contributed by atoms with Gasteiger partial charge >= 0.3 is 0 Å². The van der Waals surface area contributed by atoms with Crippen molar-refractivity contribution in [2.75, 3.05) is 18.4 Å². The van der Waals surface area contributed by atoms with Crippen LogP contribution in [0, 0.1) is 0 Å². The van der Waals surface area contributed by atoms with Crippen LogP contribution in [0.3, 0.4) is 0 Å². The van der Waals surface area contributed by atoms with E-state index in [1.807, 2.05) is 24.1 Å². The fourth-order valence-corrected chi connectivity index (χ4v) is 3.30. The third kappa shape index (κ3) is 2.98. The number of amides is 1. The van der Waals surface area contributed by atoms with Crippen molar-refractivity contribution in [2.45, 2.75) is 25.8 Å². The first kappa shape index (κ1) is 16.4. The Morgan fingerprint density at radius 2 is 2.19 bits per heavy atom. The molecule has 1 amide bonds. The van der Waals surface area contributed by atoms with Gasteiger partial charge in [-0.3, -0.25) is 14.5 Å². The fourth-order valence-electron chi connectivity index (χ4n) is 3.30. The number of nitrogens with one attached hydrogen (secondary N) is 1. The second-order valence-electron chi connectivity index (χ2n) is 6.53. The molecule has 1 N–H and O–H groups in total. The largest absolute Gasteiger partial charge is 0.364 e. The van der Waals surface area contributed by atoms with Gasteiger partial charge in [0.15, 0.2) is 11.5 Å². The van der Waals surface area contributed by atoms with Crippen LogP contribution in [0.4, 0.5) is 5.82 Å². The number of aromatic nitrogens is 5. The van der Waals surface area contributed by atoms with Crippen LogP contribution >= 0.6 is 0 Å². The van der Waals surface area contributed by atoms with Crippen LogP contribution in [0.15, 0.2) is 30.7 Å². The van der Waals surface area contributed by atoms with Gasteiger partial charge in [0.1, 0.15) is 5.82 Å². The lowest BCUT2D eigenvalue weighted by Gasteiger charge is -2.17. The molecule has 3 aromatic heterocycles. The molecule has 1 aliphatic heterocycles. The Labute approximate surface area is 151 Å². The molecule has 0 radical (unpaired) electrons. The normalized spacial score (nSPS) is 17.2. The van der Waals surface area contributed by atoms with Crippen LogP contribution < -0.4 is 5.32 Å². The van der Waals surface area contributed by atoms with E-state index in [1.54, 1.807) is 23.3 Å². The third-order valence-electron chi connectivity index (χ3n) is 4.56. The first-order valence-electron chi connectivity index (χ1n) is 8.80. The second kappa shape index (κ2) is 6.70. The molecule has 4 rings (SSSR count). The molecule has 1 atom stereocenters. The summed E-state index contributed by atoms with van der Waals surface area (Å²) in [5, 5.41) is 8.59. The highest BCUT2D eigenvalue weighted by molar-refractivity contribution is 5.89. The van der Waals surface area contributed by atoms with E-state index < -0.39 is 0 Å². The number of rotatable bonds is 5. The smallest absolute Gasteiger partial charge is 0.224 e. The van der Waals surface area contributed by atoms with E-state index in [1.165, 1.54) is 0 Å². The molecular formula is C18H21N7O. The van der Waals surface area contributed by atoms with Gasteiger partial charge in [-0.1, -0.05) is 6.92 Å². The van der Waals surface area contributed by atoms with Gasteiger partial charge in [0.25, 0.3) is 0 Å². The van der Waals surface area contributed by atoms with E-state index in [0.29, 0.717) is 24.6 Å². The predicted octanol–water partition coefficient (Wildman–Crippen LogP) is 1.85. The Hall–Kier alpha value is -3.03. The van der Waals surface area contributed by atoms with Crippen molar-refractivity contribution in [3.8, 4) is 11.4 Å². The molecule has 1 fully saturated rings. The van der Waals surface area contributed by atoms with Gasteiger partial charge in [-0.15, -0.1) is 0 Å². The Balaban J connectivity index is 1.69. The molecule has 4 heterocycles. The molecule has 134 valence electrons. The number of carbonyl (C=O) groups excluding carboxylic acids is 1. The zero-order chi connectivity index (χ0) is 18.1. The van der Waals surface area contributed by atoms with Crippen LogP contribution in [0.25, 0.3) is 22.4 Å². The van der Waals surface area contributed by atoms with Gasteiger partial charge in [0.05, 0.1) is 17.6 Å². The van der Waals surface area contributed by atoms with Crippen molar-refractivity contribution in [2.24, 2.45) is 7.05 Å². The molecule has 0 saturated carbocycles. The molecule has 0 spiro atoms. The average Bonchev–Trinajstić information content (AvgIpc) is 3.19. The summed E-state index contributed by atoms with van der Waals surface area (Å²) in [6, 6.07) is 3.82. The zero-order valence-corrected chi connectivity index (χ0v) is 14.9.